The molecule has 0 unspecified atom stereocenters. The molecule has 2 aromatic heterocycles. The molecule has 1 aromatic carbocycles. The SMILES string of the molecule is [c]1cc(-c2ccc3[nH]cnc3c2)ncn1. The molecule has 15 heavy (non-hydrogen) atoms. The van der Waals surface area contributed by atoms with Gasteiger partial charge in [0.1, 0.15) is 6.33 Å². The van der Waals surface area contributed by atoms with Crippen LogP contribution in [-0.4, -0.2) is 19.9 Å². The van der Waals surface area contributed by atoms with E-state index in [4.69, 9.17) is 0 Å². The number of rotatable bonds is 1. The van der Waals surface area contributed by atoms with Gasteiger partial charge in [-0.05, 0) is 18.2 Å². The second kappa shape index (κ2) is 3.16. The number of H-pyrrole nitrogens is 1. The minimum atomic E-state index is 0.856. The lowest BCUT2D eigenvalue weighted by Crippen LogP contribution is -1.84. The second-order valence-electron chi connectivity index (χ2n) is 3.17. The van der Waals surface area contributed by atoms with Gasteiger partial charge < -0.3 is 4.98 Å². The minimum absolute atomic E-state index is 0.856. The van der Waals surface area contributed by atoms with E-state index in [2.05, 4.69) is 26.1 Å². The Morgan fingerprint density at radius 2 is 2.20 bits per heavy atom. The Labute approximate surface area is 86.0 Å². The minimum Gasteiger partial charge on any atom is -0.345 e. The maximum Gasteiger partial charge on any atom is 0.116 e. The monoisotopic (exact) mass is 195 g/mol. The van der Waals surface area contributed by atoms with Crippen LogP contribution in [0.3, 0.4) is 0 Å². The zero-order valence-corrected chi connectivity index (χ0v) is 7.81. The van der Waals surface area contributed by atoms with E-state index in [1.165, 1.54) is 6.33 Å². The van der Waals surface area contributed by atoms with Crippen molar-refractivity contribution < 1.29 is 0 Å². The molecular formula is C11H7N4. The molecule has 0 spiro atoms. The molecule has 0 saturated heterocycles. The van der Waals surface area contributed by atoms with E-state index in [9.17, 15) is 0 Å². The van der Waals surface area contributed by atoms with Gasteiger partial charge in [0.05, 0.1) is 29.3 Å². The molecular weight excluding hydrogens is 188 g/mol. The molecule has 0 atom stereocenters. The molecule has 0 saturated carbocycles. The van der Waals surface area contributed by atoms with Crippen LogP contribution in [0.2, 0.25) is 0 Å². The van der Waals surface area contributed by atoms with Crippen LogP contribution in [0.4, 0.5) is 0 Å². The molecule has 2 heterocycles. The van der Waals surface area contributed by atoms with E-state index >= 15 is 0 Å². The molecule has 4 nitrogen and oxygen atoms in total. The largest absolute Gasteiger partial charge is 0.345 e. The second-order valence-corrected chi connectivity index (χ2v) is 3.17. The van der Waals surface area contributed by atoms with Gasteiger partial charge in [-0.25, -0.2) is 15.0 Å². The number of nitrogens with zero attached hydrogens (tertiary/aromatic N) is 3. The van der Waals surface area contributed by atoms with E-state index in [0.29, 0.717) is 0 Å². The predicted molar refractivity (Wildman–Crippen MR) is 56.0 cm³/mol. The topological polar surface area (TPSA) is 54.5 Å². The summed E-state index contributed by atoms with van der Waals surface area (Å²) in [5.41, 5.74) is 3.84. The lowest BCUT2D eigenvalue weighted by atomic mass is 10.1. The Bertz CT molecular complexity index is 586. The molecule has 0 aliphatic heterocycles. The highest BCUT2D eigenvalue weighted by atomic mass is 14.9. The van der Waals surface area contributed by atoms with Crippen molar-refractivity contribution in [3.05, 3.63) is 43.1 Å². The number of benzene rings is 1. The average Bonchev–Trinajstić information content (AvgIpc) is 2.77. The third-order valence-corrected chi connectivity index (χ3v) is 2.25. The highest BCUT2D eigenvalue weighted by Gasteiger charge is 2.01. The standard InChI is InChI=1S/C11H7N4/c1-2-10-11(15-7-14-10)5-8(1)9-3-4-12-6-13-9/h1-3,5-7H,(H,14,15). The third-order valence-electron chi connectivity index (χ3n) is 2.25. The molecule has 1 radical (unpaired) electrons. The van der Waals surface area contributed by atoms with Crippen molar-refractivity contribution in [2.45, 2.75) is 0 Å². The fraction of sp³-hybridized carbons (Fsp3) is 0. The smallest absolute Gasteiger partial charge is 0.116 e. The van der Waals surface area contributed by atoms with Crippen LogP contribution in [0.25, 0.3) is 22.3 Å². The lowest BCUT2D eigenvalue weighted by Gasteiger charge is -1.98. The summed E-state index contributed by atoms with van der Waals surface area (Å²) in [6.45, 7) is 0. The van der Waals surface area contributed by atoms with Gasteiger partial charge in [-0.15, -0.1) is 0 Å². The van der Waals surface area contributed by atoms with Crippen molar-refractivity contribution >= 4 is 11.0 Å². The van der Waals surface area contributed by atoms with Crippen LogP contribution in [0.5, 0.6) is 0 Å². The molecule has 1 N–H and O–H groups in total. The molecule has 0 aliphatic rings. The van der Waals surface area contributed by atoms with Gasteiger partial charge in [-0.3, -0.25) is 0 Å². The number of imidazole rings is 1. The van der Waals surface area contributed by atoms with Crippen LogP contribution >= 0.6 is 0 Å². The predicted octanol–water partition coefficient (Wildman–Crippen LogP) is 1.82. The Morgan fingerprint density at radius 3 is 3.07 bits per heavy atom. The van der Waals surface area contributed by atoms with Crippen molar-refractivity contribution in [2.24, 2.45) is 0 Å². The number of hydrogen-bond acceptors (Lipinski definition) is 3. The average molecular weight is 195 g/mol. The van der Waals surface area contributed by atoms with Crippen molar-refractivity contribution in [1.82, 2.24) is 19.9 Å². The highest BCUT2D eigenvalue weighted by Crippen LogP contribution is 2.19. The summed E-state index contributed by atoms with van der Waals surface area (Å²) in [7, 11) is 0. The number of aromatic nitrogens is 4. The first-order chi connectivity index (χ1) is 7.43. The van der Waals surface area contributed by atoms with E-state index in [0.717, 1.165) is 22.3 Å². The van der Waals surface area contributed by atoms with Gasteiger partial charge in [0, 0.05) is 5.56 Å². The van der Waals surface area contributed by atoms with Gasteiger partial charge in [-0.1, -0.05) is 6.07 Å². The Kier molecular flexibility index (Phi) is 1.71. The number of fused-ring (bicyclic) bond motifs is 1. The highest BCUT2D eigenvalue weighted by molar-refractivity contribution is 5.80. The van der Waals surface area contributed by atoms with Crippen LogP contribution in [0.15, 0.2) is 36.9 Å². The third kappa shape index (κ3) is 1.36. The van der Waals surface area contributed by atoms with E-state index in [1.54, 1.807) is 12.4 Å². The van der Waals surface area contributed by atoms with Gasteiger partial charge >= 0.3 is 0 Å². The summed E-state index contributed by atoms with van der Waals surface area (Å²) in [6.07, 6.45) is 5.93. The van der Waals surface area contributed by atoms with Crippen molar-refractivity contribution in [3.63, 3.8) is 0 Å². The summed E-state index contributed by atoms with van der Waals surface area (Å²) in [4.78, 5) is 15.2. The van der Waals surface area contributed by atoms with Crippen LogP contribution < -0.4 is 0 Å². The van der Waals surface area contributed by atoms with E-state index in [1.807, 2.05) is 18.2 Å². The molecule has 0 aliphatic carbocycles. The Balaban J connectivity index is 2.19. The van der Waals surface area contributed by atoms with E-state index in [-0.39, 0.29) is 0 Å². The van der Waals surface area contributed by atoms with Gasteiger partial charge in [0.15, 0.2) is 0 Å². The van der Waals surface area contributed by atoms with Gasteiger partial charge in [0.2, 0.25) is 0 Å². The zero-order valence-electron chi connectivity index (χ0n) is 7.81. The summed E-state index contributed by atoms with van der Waals surface area (Å²) in [5.74, 6) is 0. The van der Waals surface area contributed by atoms with Crippen LogP contribution in [-0.2, 0) is 0 Å². The maximum absolute atomic E-state index is 4.20. The first-order valence-corrected chi connectivity index (χ1v) is 4.55. The molecule has 3 aromatic rings. The first kappa shape index (κ1) is 8.11. The van der Waals surface area contributed by atoms with Gasteiger partial charge in [0.25, 0.3) is 0 Å². The molecule has 0 fully saturated rings. The summed E-state index contributed by atoms with van der Waals surface area (Å²) >= 11 is 0. The van der Waals surface area contributed by atoms with Crippen molar-refractivity contribution in [3.8, 4) is 11.3 Å². The number of aromatic amines is 1. The van der Waals surface area contributed by atoms with Crippen LogP contribution in [0, 0.1) is 6.20 Å². The molecule has 0 amide bonds. The van der Waals surface area contributed by atoms with Crippen molar-refractivity contribution in [1.29, 1.82) is 0 Å². The number of nitrogens with one attached hydrogen (secondary N) is 1. The summed E-state index contributed by atoms with van der Waals surface area (Å²) in [5, 5.41) is 0. The quantitative estimate of drug-likeness (QED) is 0.644. The Morgan fingerprint density at radius 1 is 1.20 bits per heavy atom. The van der Waals surface area contributed by atoms with Crippen molar-refractivity contribution in [2.75, 3.05) is 0 Å². The Hall–Kier alpha value is -2.23. The molecule has 3 rings (SSSR count). The van der Waals surface area contributed by atoms with Crippen LogP contribution in [0.1, 0.15) is 0 Å². The lowest BCUT2D eigenvalue weighted by molar-refractivity contribution is 1.16. The fourth-order valence-electron chi connectivity index (χ4n) is 1.51. The maximum atomic E-state index is 4.20. The first-order valence-electron chi connectivity index (χ1n) is 4.55. The fourth-order valence-corrected chi connectivity index (χ4v) is 1.51. The molecule has 71 valence electrons. The molecule has 4 heteroatoms. The van der Waals surface area contributed by atoms with E-state index < -0.39 is 0 Å². The zero-order chi connectivity index (χ0) is 10.1. The normalized spacial score (nSPS) is 10.7. The van der Waals surface area contributed by atoms with Gasteiger partial charge in [-0.2, -0.15) is 0 Å². The summed E-state index contributed by atoms with van der Waals surface area (Å²) < 4.78 is 0. The summed E-state index contributed by atoms with van der Waals surface area (Å²) in [6, 6.07) is 7.73. The number of hydrogen-bond donors (Lipinski definition) is 1. The molecule has 0 bridgehead atoms.